The summed E-state index contributed by atoms with van der Waals surface area (Å²) in [5.41, 5.74) is 5.22. The van der Waals surface area contributed by atoms with E-state index in [4.69, 9.17) is 4.74 Å². The van der Waals surface area contributed by atoms with Gasteiger partial charge in [0, 0.05) is 11.5 Å². The number of benzene rings is 1. The zero-order valence-corrected chi connectivity index (χ0v) is 18.9. The van der Waals surface area contributed by atoms with Crippen LogP contribution in [0.1, 0.15) is 42.9 Å². The highest BCUT2D eigenvalue weighted by atomic mass is 16.5. The number of hydrogen-bond acceptors (Lipinski definition) is 4. The molecule has 0 aliphatic heterocycles. The van der Waals surface area contributed by atoms with E-state index in [1.165, 1.54) is 0 Å². The second kappa shape index (κ2) is 11.0. The van der Waals surface area contributed by atoms with Crippen LogP contribution in [-0.4, -0.2) is 17.7 Å². The van der Waals surface area contributed by atoms with Gasteiger partial charge in [0.2, 0.25) is 0 Å². The van der Waals surface area contributed by atoms with E-state index in [1.54, 1.807) is 37.3 Å². The Bertz CT molecular complexity index is 1120. The monoisotopic (exact) mass is 427 g/mol. The van der Waals surface area contributed by atoms with Gasteiger partial charge in [0.15, 0.2) is 0 Å². The van der Waals surface area contributed by atoms with Crippen molar-refractivity contribution < 1.29 is 14.6 Å². The topological polar surface area (TPSA) is 70.3 Å². The molecule has 0 heterocycles. The Labute approximate surface area is 190 Å². The number of aliphatic hydroxyl groups is 1. The maximum absolute atomic E-state index is 13.3. The average molecular weight is 428 g/mol. The normalized spacial score (nSPS) is 15.2. The molecular formula is C28H29NO3. The molecule has 0 saturated carbocycles. The van der Waals surface area contributed by atoms with Gasteiger partial charge < -0.3 is 9.84 Å². The minimum Gasteiger partial charge on any atom is -0.508 e. The van der Waals surface area contributed by atoms with Crippen molar-refractivity contribution in [3.8, 4) is 6.07 Å². The van der Waals surface area contributed by atoms with Crippen LogP contribution in [0, 0.1) is 18.3 Å². The van der Waals surface area contributed by atoms with Gasteiger partial charge in [-0.3, -0.25) is 0 Å². The molecule has 1 N–H and O–H groups in total. The van der Waals surface area contributed by atoms with E-state index in [0.717, 1.165) is 16.7 Å². The van der Waals surface area contributed by atoms with Crippen LogP contribution >= 0.6 is 0 Å². The van der Waals surface area contributed by atoms with Crippen LogP contribution in [0.5, 0.6) is 0 Å². The third-order valence-corrected chi connectivity index (χ3v) is 5.23. The molecule has 0 bridgehead atoms. The van der Waals surface area contributed by atoms with Crippen molar-refractivity contribution in [2.75, 3.05) is 6.61 Å². The number of nitriles is 1. The molecular weight excluding hydrogens is 398 g/mol. The van der Waals surface area contributed by atoms with Crippen LogP contribution in [0.4, 0.5) is 0 Å². The first kappa shape index (κ1) is 24.4. The molecule has 164 valence electrons. The Hall–Kier alpha value is -3.84. The first-order chi connectivity index (χ1) is 15.2. The summed E-state index contributed by atoms with van der Waals surface area (Å²) in [6.07, 6.45) is 9.11. The fourth-order valence-corrected chi connectivity index (χ4v) is 3.66. The van der Waals surface area contributed by atoms with Crippen molar-refractivity contribution in [1.82, 2.24) is 0 Å². The predicted octanol–water partition coefficient (Wildman–Crippen LogP) is 6.46. The predicted molar refractivity (Wildman–Crippen MR) is 129 cm³/mol. The molecule has 1 atom stereocenters. The van der Waals surface area contributed by atoms with Crippen LogP contribution in [-0.2, 0) is 9.53 Å². The fraction of sp³-hybridized carbons (Fsp3) is 0.214. The Balaban J connectivity index is 2.82. The number of esters is 1. The zero-order chi connectivity index (χ0) is 23.8. The molecule has 1 aromatic rings. The summed E-state index contributed by atoms with van der Waals surface area (Å²) in [4.78, 5) is 13.3. The summed E-state index contributed by atoms with van der Waals surface area (Å²) in [7, 11) is 0. The highest BCUT2D eigenvalue weighted by molar-refractivity contribution is 5.93. The molecule has 4 heteroatoms. The van der Waals surface area contributed by atoms with Crippen LogP contribution in [0.15, 0.2) is 102 Å². The average Bonchev–Trinajstić information content (AvgIpc) is 2.88. The minimum atomic E-state index is -0.637. The van der Waals surface area contributed by atoms with E-state index in [9.17, 15) is 15.2 Å². The van der Waals surface area contributed by atoms with E-state index in [1.807, 2.05) is 32.1 Å². The van der Waals surface area contributed by atoms with Gasteiger partial charge in [-0.1, -0.05) is 49.1 Å². The Morgan fingerprint density at radius 2 is 1.97 bits per heavy atom. The van der Waals surface area contributed by atoms with E-state index in [-0.39, 0.29) is 12.4 Å². The molecule has 0 amide bonds. The summed E-state index contributed by atoms with van der Waals surface area (Å²) >= 11 is 0. The maximum atomic E-state index is 13.3. The van der Waals surface area contributed by atoms with Crippen LogP contribution in [0.3, 0.4) is 0 Å². The van der Waals surface area contributed by atoms with Crippen LogP contribution < -0.4 is 0 Å². The number of aryl methyl sites for hydroxylation is 1. The number of ether oxygens (including phenoxy) is 1. The molecule has 0 aromatic heterocycles. The van der Waals surface area contributed by atoms with Crippen molar-refractivity contribution in [2.45, 2.75) is 33.1 Å². The minimum absolute atomic E-state index is 0.0186. The maximum Gasteiger partial charge on any atom is 0.335 e. The molecule has 2 rings (SSSR count). The van der Waals surface area contributed by atoms with Gasteiger partial charge in [-0.25, -0.2) is 4.79 Å². The van der Waals surface area contributed by atoms with Crippen molar-refractivity contribution in [1.29, 1.82) is 5.26 Å². The van der Waals surface area contributed by atoms with Gasteiger partial charge in [0.05, 0.1) is 23.8 Å². The molecule has 0 fully saturated rings. The molecule has 0 radical (unpaired) electrons. The second-order valence-corrected chi connectivity index (χ2v) is 7.72. The molecule has 1 aromatic carbocycles. The van der Waals surface area contributed by atoms with Gasteiger partial charge in [0.1, 0.15) is 5.76 Å². The third-order valence-electron chi connectivity index (χ3n) is 5.23. The van der Waals surface area contributed by atoms with Crippen LogP contribution in [0.25, 0.3) is 0 Å². The lowest BCUT2D eigenvalue weighted by Gasteiger charge is -2.26. The summed E-state index contributed by atoms with van der Waals surface area (Å²) in [5, 5.41) is 20.3. The quantitative estimate of drug-likeness (QED) is 0.170. The number of hydrogen-bond donors (Lipinski definition) is 1. The van der Waals surface area contributed by atoms with Crippen molar-refractivity contribution >= 4 is 5.97 Å². The second-order valence-electron chi connectivity index (χ2n) is 7.72. The van der Waals surface area contributed by atoms with Gasteiger partial charge in [-0.05, 0) is 67.7 Å². The number of carbonyl (C=O) groups is 1. The van der Waals surface area contributed by atoms with E-state index < -0.39 is 11.9 Å². The fourth-order valence-electron chi connectivity index (χ4n) is 3.66. The highest BCUT2D eigenvalue weighted by Crippen LogP contribution is 2.41. The SMILES string of the molecule is C=CCCOC(=O)/C(=C(\C)C=C)C(C1=CC(C)=CC(=C)C=C1O)c1ccc(C#N)cc1C. The Morgan fingerprint density at radius 3 is 2.56 bits per heavy atom. The van der Waals surface area contributed by atoms with Crippen molar-refractivity contribution in [3.05, 3.63) is 119 Å². The van der Waals surface area contributed by atoms with Crippen LogP contribution in [0.2, 0.25) is 0 Å². The highest BCUT2D eigenvalue weighted by Gasteiger charge is 2.32. The lowest BCUT2D eigenvalue weighted by atomic mass is 9.78. The van der Waals surface area contributed by atoms with Crippen molar-refractivity contribution in [3.63, 3.8) is 0 Å². The first-order valence-electron chi connectivity index (χ1n) is 10.3. The van der Waals surface area contributed by atoms with E-state index in [0.29, 0.717) is 34.3 Å². The molecule has 0 spiro atoms. The molecule has 32 heavy (non-hydrogen) atoms. The van der Waals surface area contributed by atoms with Gasteiger partial charge in [-0.2, -0.15) is 5.26 Å². The van der Waals surface area contributed by atoms with E-state index >= 15 is 0 Å². The summed E-state index contributed by atoms with van der Waals surface area (Å²) in [6, 6.07) is 7.44. The first-order valence-corrected chi connectivity index (χ1v) is 10.3. The summed E-state index contributed by atoms with van der Waals surface area (Å²) < 4.78 is 5.53. The Kier molecular flexibility index (Phi) is 8.38. The lowest BCUT2D eigenvalue weighted by molar-refractivity contribution is -0.139. The number of rotatable bonds is 8. The van der Waals surface area contributed by atoms with Gasteiger partial charge >= 0.3 is 5.97 Å². The molecule has 4 nitrogen and oxygen atoms in total. The van der Waals surface area contributed by atoms with E-state index in [2.05, 4.69) is 25.8 Å². The number of aliphatic hydroxyl groups excluding tert-OH is 1. The molecule has 1 aliphatic carbocycles. The summed E-state index contributed by atoms with van der Waals surface area (Å²) in [6.45, 7) is 17.2. The van der Waals surface area contributed by atoms with Crippen molar-refractivity contribution in [2.24, 2.45) is 0 Å². The molecule has 1 aliphatic rings. The van der Waals surface area contributed by atoms with Gasteiger partial charge in [0.25, 0.3) is 0 Å². The van der Waals surface area contributed by atoms with Gasteiger partial charge in [-0.15, -0.1) is 6.58 Å². The smallest absolute Gasteiger partial charge is 0.335 e. The summed E-state index contributed by atoms with van der Waals surface area (Å²) in [5.74, 6) is -1.11. The standard InChI is InChI=1S/C28H29NO3/c1-7-9-12-32-28(31)26(20(5)8-2)27(23-11-10-22(17-29)16-21(23)6)24-14-18(3)13-19(4)15-25(24)30/h7-8,10-11,13-16,27,30H,1-2,4,9,12H2,3,5-6H3/b26-20+. The number of allylic oxidation sites excluding steroid dienone is 8. The largest absolute Gasteiger partial charge is 0.508 e. The number of carbonyl (C=O) groups excluding carboxylic acids is 1. The molecule has 0 saturated heterocycles. The number of nitrogens with zero attached hydrogens (tertiary/aromatic N) is 1. The zero-order valence-electron chi connectivity index (χ0n) is 18.9. The molecule has 1 unspecified atom stereocenters. The lowest BCUT2D eigenvalue weighted by Crippen LogP contribution is -2.20. The Morgan fingerprint density at radius 1 is 1.25 bits per heavy atom. The third kappa shape index (κ3) is 5.65.